The van der Waals surface area contributed by atoms with E-state index in [-0.39, 0.29) is 28.9 Å². The van der Waals surface area contributed by atoms with Gasteiger partial charge in [0.25, 0.3) is 0 Å². The molecule has 3 aromatic carbocycles. The van der Waals surface area contributed by atoms with Gasteiger partial charge in [-0.3, -0.25) is 4.79 Å². The molecule has 5 rings (SSSR count). The Kier molecular flexibility index (Phi) is 6.56. The number of hydrogen-bond acceptors (Lipinski definition) is 8. The second kappa shape index (κ2) is 9.97. The van der Waals surface area contributed by atoms with Crippen LogP contribution in [0.2, 0.25) is 0 Å². The van der Waals surface area contributed by atoms with E-state index in [1.807, 2.05) is 42.5 Å². The molecule has 0 amide bonds. The number of para-hydroxylation sites is 2. The van der Waals surface area contributed by atoms with Gasteiger partial charge in [0.15, 0.2) is 17.3 Å². The molecule has 0 spiro atoms. The maximum absolute atomic E-state index is 13.9. The lowest BCUT2D eigenvalue weighted by Gasteiger charge is -2.31. The van der Waals surface area contributed by atoms with Crippen LogP contribution in [0.15, 0.2) is 65.9 Å². The summed E-state index contributed by atoms with van der Waals surface area (Å²) in [5, 5.41) is 17.6. The highest BCUT2D eigenvalue weighted by Gasteiger charge is 2.37. The molecule has 0 saturated heterocycles. The van der Waals surface area contributed by atoms with Crippen molar-refractivity contribution >= 4 is 17.2 Å². The van der Waals surface area contributed by atoms with Crippen LogP contribution in [-0.2, 0) is 4.79 Å². The number of phenolic OH excluding ortho intramolecular Hbond substituents is 1. The number of rotatable bonds is 6. The van der Waals surface area contributed by atoms with E-state index in [0.29, 0.717) is 24.2 Å². The van der Waals surface area contributed by atoms with E-state index in [9.17, 15) is 9.90 Å². The third kappa shape index (κ3) is 4.39. The Labute approximate surface area is 215 Å². The van der Waals surface area contributed by atoms with Gasteiger partial charge in [-0.2, -0.15) is 0 Å². The zero-order chi connectivity index (χ0) is 26.1. The monoisotopic (exact) mass is 502 g/mol. The van der Waals surface area contributed by atoms with Crippen LogP contribution in [0.5, 0.6) is 28.7 Å². The number of anilines is 2. The molecule has 0 aromatic heterocycles. The highest BCUT2D eigenvalue weighted by atomic mass is 16.5. The van der Waals surface area contributed by atoms with Gasteiger partial charge in [0.05, 0.1) is 45.9 Å². The van der Waals surface area contributed by atoms with E-state index in [1.54, 1.807) is 26.4 Å². The van der Waals surface area contributed by atoms with Crippen LogP contribution >= 0.6 is 0 Å². The van der Waals surface area contributed by atoms with Crippen molar-refractivity contribution in [3.8, 4) is 28.7 Å². The van der Waals surface area contributed by atoms with Crippen molar-refractivity contribution in [2.75, 3.05) is 39.1 Å². The highest BCUT2D eigenvalue weighted by molar-refractivity contribution is 6.01. The topological polar surface area (TPSA) is 98.3 Å². The molecule has 37 heavy (non-hydrogen) atoms. The van der Waals surface area contributed by atoms with E-state index in [2.05, 4.69) is 10.6 Å². The lowest BCUT2D eigenvalue weighted by molar-refractivity contribution is -0.116. The molecule has 192 valence electrons. The van der Waals surface area contributed by atoms with Crippen LogP contribution in [0.3, 0.4) is 0 Å². The van der Waals surface area contributed by atoms with Gasteiger partial charge in [-0.25, -0.2) is 0 Å². The largest absolute Gasteiger partial charge is 0.502 e. The first kappa shape index (κ1) is 24.4. The van der Waals surface area contributed by atoms with Crippen LogP contribution in [0, 0.1) is 0 Å². The first-order chi connectivity index (χ1) is 18.0. The van der Waals surface area contributed by atoms with Crippen molar-refractivity contribution in [3.05, 3.63) is 77.0 Å². The molecule has 8 heteroatoms. The van der Waals surface area contributed by atoms with Crippen molar-refractivity contribution in [3.63, 3.8) is 0 Å². The lowest BCUT2D eigenvalue weighted by Crippen LogP contribution is -2.27. The molecule has 2 aliphatic rings. The quantitative estimate of drug-likeness (QED) is 0.412. The van der Waals surface area contributed by atoms with Gasteiger partial charge in [0.1, 0.15) is 11.5 Å². The van der Waals surface area contributed by atoms with Crippen molar-refractivity contribution in [2.24, 2.45) is 0 Å². The number of allylic oxidation sites excluding steroid dienone is 1. The van der Waals surface area contributed by atoms with Gasteiger partial charge in [-0.15, -0.1) is 0 Å². The minimum Gasteiger partial charge on any atom is -0.502 e. The number of carbonyl (C=O) groups is 1. The molecule has 3 N–H and O–H groups in total. The van der Waals surface area contributed by atoms with Crippen molar-refractivity contribution in [2.45, 2.75) is 24.8 Å². The average Bonchev–Trinajstić information content (AvgIpc) is 3.09. The van der Waals surface area contributed by atoms with Gasteiger partial charge >= 0.3 is 0 Å². The number of ketones is 1. The molecule has 1 aliphatic heterocycles. The Balaban J connectivity index is 1.65. The summed E-state index contributed by atoms with van der Waals surface area (Å²) >= 11 is 0. The molecule has 8 nitrogen and oxygen atoms in total. The zero-order valence-corrected chi connectivity index (χ0v) is 21.3. The maximum atomic E-state index is 13.9. The second-order valence-corrected chi connectivity index (χ2v) is 9.05. The van der Waals surface area contributed by atoms with Gasteiger partial charge in [0, 0.05) is 29.2 Å². The fourth-order valence-electron chi connectivity index (χ4n) is 5.20. The standard InChI is InChI=1S/C29H30N2O6/c1-34-18-9-10-24(35-2)19(15-18)16-11-22-27(23(32)12-16)28(31-21-8-6-5-7-20(21)30-22)17-13-25(36-3)29(33)26(14-17)37-4/h5-10,13-16,28,30-31,33H,11-12H2,1-4H3. The number of ether oxygens (including phenoxy) is 4. The van der Waals surface area contributed by atoms with Crippen LogP contribution in [0.1, 0.15) is 35.9 Å². The van der Waals surface area contributed by atoms with Crippen molar-refractivity contribution < 1.29 is 28.8 Å². The molecule has 0 saturated carbocycles. The van der Waals surface area contributed by atoms with Gasteiger partial charge in [-0.1, -0.05) is 12.1 Å². The first-order valence-corrected chi connectivity index (χ1v) is 12.0. The summed E-state index contributed by atoms with van der Waals surface area (Å²) in [7, 11) is 6.22. The summed E-state index contributed by atoms with van der Waals surface area (Å²) in [5.74, 6) is 1.80. The number of benzene rings is 3. The molecule has 0 bridgehead atoms. The normalized spacial score (nSPS) is 18.5. The maximum Gasteiger partial charge on any atom is 0.200 e. The van der Waals surface area contributed by atoms with Crippen molar-refractivity contribution in [1.82, 2.24) is 0 Å². The molecule has 0 fully saturated rings. The third-order valence-electron chi connectivity index (χ3n) is 7.02. The predicted molar refractivity (Wildman–Crippen MR) is 141 cm³/mol. The van der Waals surface area contributed by atoms with Crippen molar-refractivity contribution in [1.29, 1.82) is 0 Å². The molecule has 2 unspecified atom stereocenters. The number of aromatic hydroxyl groups is 1. The Morgan fingerprint density at radius 2 is 1.49 bits per heavy atom. The average molecular weight is 503 g/mol. The Morgan fingerprint density at radius 3 is 2.14 bits per heavy atom. The number of fused-ring (bicyclic) bond motifs is 1. The number of Topliss-reactive ketones (excluding diaryl/α,β-unsaturated/α-hetero) is 1. The highest BCUT2D eigenvalue weighted by Crippen LogP contribution is 2.48. The summed E-state index contributed by atoms with van der Waals surface area (Å²) in [6.07, 6.45) is 0.911. The van der Waals surface area contributed by atoms with E-state index in [4.69, 9.17) is 18.9 Å². The summed E-state index contributed by atoms with van der Waals surface area (Å²) in [4.78, 5) is 13.9. The lowest BCUT2D eigenvalue weighted by atomic mass is 9.78. The third-order valence-corrected chi connectivity index (χ3v) is 7.02. The van der Waals surface area contributed by atoms with Crippen LogP contribution in [-0.4, -0.2) is 39.3 Å². The number of hydrogen-bond donors (Lipinski definition) is 3. The smallest absolute Gasteiger partial charge is 0.200 e. The van der Waals surface area contributed by atoms with Crippen LogP contribution < -0.4 is 29.6 Å². The number of carbonyl (C=O) groups excluding carboxylic acids is 1. The Hall–Kier alpha value is -4.33. The van der Waals surface area contributed by atoms with Gasteiger partial charge in [-0.05, 0) is 54.4 Å². The van der Waals surface area contributed by atoms with E-state index < -0.39 is 6.04 Å². The van der Waals surface area contributed by atoms with Crippen LogP contribution in [0.25, 0.3) is 0 Å². The Bertz CT molecular complexity index is 1360. The van der Waals surface area contributed by atoms with E-state index in [1.165, 1.54) is 14.2 Å². The van der Waals surface area contributed by atoms with Gasteiger partial charge in [0.2, 0.25) is 5.75 Å². The molecule has 1 heterocycles. The Morgan fingerprint density at radius 1 is 0.811 bits per heavy atom. The van der Waals surface area contributed by atoms with E-state index >= 15 is 0 Å². The number of nitrogens with one attached hydrogen (secondary N) is 2. The minimum absolute atomic E-state index is 0.0138. The first-order valence-electron chi connectivity index (χ1n) is 12.0. The number of methoxy groups -OCH3 is 4. The summed E-state index contributed by atoms with van der Waals surface area (Å²) in [5.41, 5.74) is 4.88. The fourth-order valence-corrected chi connectivity index (χ4v) is 5.20. The van der Waals surface area contributed by atoms with E-state index in [0.717, 1.165) is 33.9 Å². The SMILES string of the molecule is COc1ccc(OC)c(C2CC(=O)C3=C(C2)Nc2ccccc2NC3c2cc(OC)c(O)c(OC)c2)c1. The summed E-state index contributed by atoms with van der Waals surface area (Å²) < 4.78 is 21.9. The molecular formula is C29H30N2O6. The minimum atomic E-state index is -0.491. The van der Waals surface area contributed by atoms with Crippen LogP contribution in [0.4, 0.5) is 11.4 Å². The molecule has 2 atom stereocenters. The summed E-state index contributed by atoms with van der Waals surface area (Å²) in [6.45, 7) is 0. The fraction of sp³-hybridized carbons (Fsp3) is 0.276. The summed E-state index contributed by atoms with van der Waals surface area (Å²) in [6, 6.07) is 16.5. The zero-order valence-electron chi connectivity index (χ0n) is 21.3. The predicted octanol–water partition coefficient (Wildman–Crippen LogP) is 5.41. The molecule has 3 aromatic rings. The number of phenols is 1. The molecular weight excluding hydrogens is 472 g/mol. The van der Waals surface area contributed by atoms with Gasteiger partial charge < -0.3 is 34.7 Å². The molecule has 0 radical (unpaired) electrons. The molecule has 1 aliphatic carbocycles. The second-order valence-electron chi connectivity index (χ2n) is 9.05.